The molecule has 3 N–H and O–H groups in total. The van der Waals surface area contributed by atoms with E-state index >= 15 is 0 Å². The van der Waals surface area contributed by atoms with Gasteiger partial charge in [0, 0.05) is 0 Å². The Hall–Kier alpha value is -0.230. The molecule has 66 valence electrons. The Labute approximate surface area is 82.3 Å². The molecule has 1 heterocycles. The van der Waals surface area contributed by atoms with E-state index in [9.17, 15) is 4.79 Å². The maximum Gasteiger partial charge on any atom is 0.191 e. The van der Waals surface area contributed by atoms with Gasteiger partial charge in [0.15, 0.2) is 5.78 Å². The third kappa shape index (κ3) is 2.13. The summed E-state index contributed by atoms with van der Waals surface area (Å²) in [4.78, 5) is 11.9. The van der Waals surface area contributed by atoms with Crippen LogP contribution in [0.1, 0.15) is 9.67 Å². The van der Waals surface area contributed by atoms with Crippen LogP contribution in [0.3, 0.4) is 0 Å². The highest BCUT2D eigenvalue weighted by molar-refractivity contribution is 9.11. The topological polar surface area (TPSA) is 63.3 Å². The summed E-state index contributed by atoms with van der Waals surface area (Å²) >= 11 is 4.55. The molecular formula is C7H8BrNO2S. The summed E-state index contributed by atoms with van der Waals surface area (Å²) in [6.07, 6.45) is 0. The molecule has 0 aliphatic carbocycles. The molecule has 1 unspecified atom stereocenters. The van der Waals surface area contributed by atoms with E-state index in [0.29, 0.717) is 4.88 Å². The first kappa shape index (κ1) is 9.85. The number of aliphatic hydroxyl groups is 1. The zero-order valence-corrected chi connectivity index (χ0v) is 8.56. The highest BCUT2D eigenvalue weighted by Gasteiger charge is 2.15. The number of carbonyl (C=O) groups is 1. The van der Waals surface area contributed by atoms with Gasteiger partial charge in [0.25, 0.3) is 0 Å². The number of thiophene rings is 1. The minimum Gasteiger partial charge on any atom is -0.394 e. The summed E-state index contributed by atoms with van der Waals surface area (Å²) in [6.45, 7) is -0.311. The number of halogens is 1. The second-order valence-electron chi connectivity index (χ2n) is 2.26. The van der Waals surface area contributed by atoms with E-state index in [0.717, 1.165) is 3.79 Å². The summed E-state index contributed by atoms with van der Waals surface area (Å²) in [5.74, 6) is -0.215. The van der Waals surface area contributed by atoms with Crippen molar-refractivity contribution in [1.82, 2.24) is 0 Å². The second-order valence-corrected chi connectivity index (χ2v) is 4.72. The second kappa shape index (κ2) is 4.13. The van der Waals surface area contributed by atoms with Crippen molar-refractivity contribution in [2.45, 2.75) is 6.04 Å². The lowest BCUT2D eigenvalue weighted by molar-refractivity contribution is 0.0929. The summed E-state index contributed by atoms with van der Waals surface area (Å²) in [5.41, 5.74) is 5.35. The molecule has 0 bridgehead atoms. The van der Waals surface area contributed by atoms with Crippen molar-refractivity contribution in [2.75, 3.05) is 6.61 Å². The monoisotopic (exact) mass is 249 g/mol. The summed E-state index contributed by atoms with van der Waals surface area (Å²) in [6, 6.07) is 2.67. The average molecular weight is 250 g/mol. The van der Waals surface area contributed by atoms with Crippen molar-refractivity contribution in [3.05, 3.63) is 20.8 Å². The quantitative estimate of drug-likeness (QED) is 0.787. The molecule has 0 aromatic carbocycles. The van der Waals surface area contributed by atoms with Crippen LogP contribution in [0.15, 0.2) is 15.9 Å². The summed E-state index contributed by atoms with van der Waals surface area (Å²) < 4.78 is 0.885. The number of hydrogen-bond acceptors (Lipinski definition) is 4. The fourth-order valence-corrected chi connectivity index (χ4v) is 2.10. The van der Waals surface area contributed by atoms with Crippen LogP contribution in [-0.2, 0) is 0 Å². The molecule has 1 rings (SSSR count). The van der Waals surface area contributed by atoms with Gasteiger partial charge in [-0.15, -0.1) is 11.3 Å². The lowest BCUT2D eigenvalue weighted by Crippen LogP contribution is -2.33. The van der Waals surface area contributed by atoms with Gasteiger partial charge < -0.3 is 10.8 Å². The van der Waals surface area contributed by atoms with E-state index in [1.807, 2.05) is 0 Å². The van der Waals surface area contributed by atoms with Crippen LogP contribution < -0.4 is 5.73 Å². The van der Waals surface area contributed by atoms with Crippen molar-refractivity contribution in [3.63, 3.8) is 0 Å². The Kier molecular flexibility index (Phi) is 3.39. The molecule has 5 heteroatoms. The van der Waals surface area contributed by atoms with Crippen LogP contribution >= 0.6 is 27.3 Å². The van der Waals surface area contributed by atoms with Crippen molar-refractivity contribution in [2.24, 2.45) is 5.73 Å². The van der Waals surface area contributed by atoms with Gasteiger partial charge in [-0.25, -0.2) is 0 Å². The zero-order valence-electron chi connectivity index (χ0n) is 6.16. The van der Waals surface area contributed by atoms with E-state index in [4.69, 9.17) is 10.8 Å². The smallest absolute Gasteiger partial charge is 0.191 e. The molecule has 1 atom stereocenters. The first-order valence-electron chi connectivity index (χ1n) is 3.31. The standard InChI is InChI=1S/C7H8BrNO2S/c8-6-2-1-5(12-6)7(11)4(9)3-10/h1-2,4,10H,3,9H2. The summed E-state index contributed by atoms with van der Waals surface area (Å²) in [7, 11) is 0. The molecule has 3 nitrogen and oxygen atoms in total. The number of ketones is 1. The molecular weight excluding hydrogens is 242 g/mol. The van der Waals surface area contributed by atoms with Crippen LogP contribution in [-0.4, -0.2) is 23.5 Å². The van der Waals surface area contributed by atoms with Crippen LogP contribution in [0.5, 0.6) is 0 Å². The lowest BCUT2D eigenvalue weighted by atomic mass is 10.2. The third-order valence-electron chi connectivity index (χ3n) is 1.35. The van der Waals surface area contributed by atoms with E-state index in [1.165, 1.54) is 11.3 Å². The van der Waals surface area contributed by atoms with Crippen molar-refractivity contribution < 1.29 is 9.90 Å². The minimum absolute atomic E-state index is 0.215. The Balaban J connectivity index is 2.78. The first-order valence-corrected chi connectivity index (χ1v) is 4.92. The molecule has 1 aromatic heterocycles. The van der Waals surface area contributed by atoms with Gasteiger partial charge in [0.05, 0.1) is 21.3 Å². The van der Waals surface area contributed by atoms with Crippen molar-refractivity contribution >= 4 is 33.0 Å². The molecule has 0 fully saturated rings. The highest BCUT2D eigenvalue weighted by atomic mass is 79.9. The fraction of sp³-hybridized carbons (Fsp3) is 0.286. The van der Waals surface area contributed by atoms with E-state index in [-0.39, 0.29) is 12.4 Å². The van der Waals surface area contributed by atoms with Gasteiger partial charge in [0.2, 0.25) is 0 Å². The third-order valence-corrected chi connectivity index (χ3v) is 2.99. The van der Waals surface area contributed by atoms with E-state index in [1.54, 1.807) is 12.1 Å². The van der Waals surface area contributed by atoms with E-state index in [2.05, 4.69) is 15.9 Å². The Morgan fingerprint density at radius 3 is 2.83 bits per heavy atom. The van der Waals surface area contributed by atoms with Gasteiger partial charge in [0.1, 0.15) is 0 Å². The molecule has 0 saturated carbocycles. The molecule has 12 heavy (non-hydrogen) atoms. The zero-order chi connectivity index (χ0) is 9.14. The van der Waals surface area contributed by atoms with Crippen LogP contribution in [0.4, 0.5) is 0 Å². The number of carbonyl (C=O) groups excluding carboxylic acids is 1. The number of hydrogen-bond donors (Lipinski definition) is 2. The molecule has 0 saturated heterocycles. The fourth-order valence-electron chi connectivity index (χ4n) is 0.712. The maximum atomic E-state index is 11.3. The molecule has 0 amide bonds. The van der Waals surface area contributed by atoms with Gasteiger partial charge in [-0.1, -0.05) is 0 Å². The minimum atomic E-state index is -0.796. The number of rotatable bonds is 3. The van der Waals surface area contributed by atoms with Gasteiger partial charge in [-0.2, -0.15) is 0 Å². The van der Waals surface area contributed by atoms with Gasteiger partial charge in [-0.05, 0) is 28.1 Å². The molecule has 0 radical (unpaired) electrons. The molecule has 0 aliphatic heterocycles. The first-order chi connectivity index (χ1) is 5.65. The van der Waals surface area contributed by atoms with E-state index < -0.39 is 6.04 Å². The summed E-state index contributed by atoms with van der Waals surface area (Å²) in [5, 5.41) is 8.62. The predicted octanol–water partition coefficient (Wildman–Crippen LogP) is 1.01. The van der Waals surface area contributed by atoms with Gasteiger partial charge >= 0.3 is 0 Å². The number of Topliss-reactive ketones (excluding diaryl/α,β-unsaturated/α-hetero) is 1. The lowest BCUT2D eigenvalue weighted by Gasteiger charge is -2.03. The number of aliphatic hydroxyl groups excluding tert-OH is 1. The molecule has 0 aliphatic rings. The van der Waals surface area contributed by atoms with Gasteiger partial charge in [-0.3, -0.25) is 4.79 Å². The number of nitrogens with two attached hydrogens (primary N) is 1. The molecule has 1 aromatic rings. The van der Waals surface area contributed by atoms with Crippen molar-refractivity contribution in [3.8, 4) is 0 Å². The normalized spacial score (nSPS) is 12.9. The van der Waals surface area contributed by atoms with Crippen molar-refractivity contribution in [1.29, 1.82) is 0 Å². The van der Waals surface area contributed by atoms with Crippen LogP contribution in [0.25, 0.3) is 0 Å². The highest BCUT2D eigenvalue weighted by Crippen LogP contribution is 2.22. The van der Waals surface area contributed by atoms with Crippen LogP contribution in [0, 0.1) is 0 Å². The average Bonchev–Trinajstić information content (AvgIpc) is 2.49. The Morgan fingerprint density at radius 1 is 1.75 bits per heavy atom. The Morgan fingerprint density at radius 2 is 2.42 bits per heavy atom. The van der Waals surface area contributed by atoms with Crippen LogP contribution in [0.2, 0.25) is 0 Å². The Bertz CT molecular complexity index is 287. The maximum absolute atomic E-state index is 11.3. The predicted molar refractivity (Wildman–Crippen MR) is 51.4 cm³/mol. The SMILES string of the molecule is NC(CO)C(=O)c1ccc(Br)s1. The largest absolute Gasteiger partial charge is 0.394 e. The molecule has 0 spiro atoms.